The Labute approximate surface area is 155 Å². The van der Waals surface area contributed by atoms with Gasteiger partial charge in [-0.1, -0.05) is 13.0 Å². The molecule has 3 N–H and O–H groups in total. The lowest BCUT2D eigenvalue weighted by molar-refractivity contribution is -0.137. The van der Waals surface area contributed by atoms with E-state index >= 15 is 0 Å². The number of hydrogen-bond acceptors (Lipinski definition) is 4. The van der Waals surface area contributed by atoms with Crippen LogP contribution in [0.4, 0.5) is 24.7 Å². The van der Waals surface area contributed by atoms with Crippen molar-refractivity contribution in [2.24, 2.45) is 11.1 Å². The van der Waals surface area contributed by atoms with Gasteiger partial charge >= 0.3 is 6.18 Å². The average Bonchev–Trinajstić information content (AvgIpc) is 3.04. The highest BCUT2D eigenvalue weighted by Gasteiger charge is 2.36. The Morgan fingerprint density at radius 3 is 2.78 bits per heavy atom. The van der Waals surface area contributed by atoms with Gasteiger partial charge in [0, 0.05) is 25.0 Å². The molecule has 1 atom stereocenters. The summed E-state index contributed by atoms with van der Waals surface area (Å²) < 4.78 is 38.7. The van der Waals surface area contributed by atoms with Crippen molar-refractivity contribution < 1.29 is 18.0 Å². The van der Waals surface area contributed by atoms with Crippen molar-refractivity contribution in [3.8, 4) is 0 Å². The fraction of sp³-hybridized carbons (Fsp3) is 0.368. The second-order valence-electron chi connectivity index (χ2n) is 7.09. The number of hydrogen-bond donors (Lipinski definition) is 2. The van der Waals surface area contributed by atoms with E-state index in [-0.39, 0.29) is 22.8 Å². The van der Waals surface area contributed by atoms with Gasteiger partial charge in [0.15, 0.2) is 0 Å². The third-order valence-electron chi connectivity index (χ3n) is 4.83. The number of rotatable bonds is 4. The van der Waals surface area contributed by atoms with Gasteiger partial charge in [0.25, 0.3) is 5.91 Å². The van der Waals surface area contributed by atoms with Crippen LogP contribution in [-0.4, -0.2) is 35.4 Å². The number of pyridine rings is 1. The molecular weight excluding hydrogens is 357 g/mol. The van der Waals surface area contributed by atoms with Crippen molar-refractivity contribution in [2.75, 3.05) is 25.0 Å². The van der Waals surface area contributed by atoms with Crippen LogP contribution in [0.5, 0.6) is 0 Å². The number of likely N-dealkylation sites (tertiary alicyclic amines) is 1. The van der Waals surface area contributed by atoms with Crippen LogP contribution >= 0.6 is 0 Å². The first-order chi connectivity index (χ1) is 12.7. The standard InChI is InChI=1S/C19H21F3N4O/c1-18(11-23)7-9-26(12-18)17(27)15-6-3-8-24-16(15)25-14-5-2-4-13(10-14)19(20,21)22/h2-6,8,10H,7,9,11-12,23H2,1H3,(H,24,25). The summed E-state index contributed by atoms with van der Waals surface area (Å²) in [4.78, 5) is 18.8. The molecule has 0 radical (unpaired) electrons. The molecular formula is C19H21F3N4O. The molecule has 1 fully saturated rings. The Bertz CT molecular complexity index is 840. The number of halogens is 3. The highest BCUT2D eigenvalue weighted by Crippen LogP contribution is 2.33. The van der Waals surface area contributed by atoms with Crippen molar-refractivity contribution in [1.82, 2.24) is 9.88 Å². The van der Waals surface area contributed by atoms with Crippen LogP contribution in [0.25, 0.3) is 0 Å². The molecule has 1 aromatic carbocycles. The third kappa shape index (κ3) is 4.21. The number of nitrogens with zero attached hydrogens (tertiary/aromatic N) is 2. The predicted molar refractivity (Wildman–Crippen MR) is 96.6 cm³/mol. The monoisotopic (exact) mass is 378 g/mol. The zero-order valence-electron chi connectivity index (χ0n) is 14.9. The lowest BCUT2D eigenvalue weighted by Gasteiger charge is -2.23. The van der Waals surface area contributed by atoms with Crippen LogP contribution in [0, 0.1) is 5.41 Å². The zero-order chi connectivity index (χ0) is 19.7. The van der Waals surface area contributed by atoms with Gasteiger partial charge < -0.3 is 16.0 Å². The number of anilines is 2. The van der Waals surface area contributed by atoms with Crippen molar-refractivity contribution in [3.05, 3.63) is 53.7 Å². The SMILES string of the molecule is CC1(CN)CCN(C(=O)c2cccnc2Nc2cccc(C(F)(F)F)c2)C1. The summed E-state index contributed by atoms with van der Waals surface area (Å²) in [6, 6.07) is 8.03. The van der Waals surface area contributed by atoms with E-state index in [2.05, 4.69) is 10.3 Å². The van der Waals surface area contributed by atoms with Gasteiger partial charge in [-0.3, -0.25) is 4.79 Å². The Balaban J connectivity index is 1.84. The Hall–Kier alpha value is -2.61. The topological polar surface area (TPSA) is 71.2 Å². The molecule has 1 aromatic heterocycles. The minimum absolute atomic E-state index is 0.119. The molecule has 1 saturated heterocycles. The molecule has 0 aliphatic carbocycles. The largest absolute Gasteiger partial charge is 0.416 e. The molecule has 0 spiro atoms. The maximum absolute atomic E-state index is 12.9. The fourth-order valence-corrected chi connectivity index (χ4v) is 3.12. The lowest BCUT2D eigenvalue weighted by atomic mass is 9.90. The Morgan fingerprint density at radius 1 is 1.33 bits per heavy atom. The van der Waals surface area contributed by atoms with Gasteiger partial charge in [0.1, 0.15) is 5.82 Å². The Morgan fingerprint density at radius 2 is 2.11 bits per heavy atom. The molecule has 3 rings (SSSR count). The summed E-state index contributed by atoms with van der Waals surface area (Å²) in [5.41, 5.74) is 5.44. The maximum atomic E-state index is 12.9. The van der Waals surface area contributed by atoms with E-state index < -0.39 is 11.7 Å². The second kappa shape index (κ2) is 7.19. The molecule has 1 aliphatic rings. The minimum Gasteiger partial charge on any atom is -0.340 e. The van der Waals surface area contributed by atoms with E-state index in [4.69, 9.17) is 5.73 Å². The summed E-state index contributed by atoms with van der Waals surface area (Å²) in [7, 11) is 0. The maximum Gasteiger partial charge on any atom is 0.416 e. The van der Waals surface area contributed by atoms with E-state index in [1.165, 1.54) is 18.3 Å². The second-order valence-corrected chi connectivity index (χ2v) is 7.09. The van der Waals surface area contributed by atoms with Crippen LogP contribution < -0.4 is 11.1 Å². The number of alkyl halides is 3. The van der Waals surface area contributed by atoms with Crippen LogP contribution in [0.1, 0.15) is 29.3 Å². The van der Waals surface area contributed by atoms with Crippen LogP contribution in [-0.2, 0) is 6.18 Å². The van der Waals surface area contributed by atoms with E-state index in [1.807, 2.05) is 6.92 Å². The van der Waals surface area contributed by atoms with Gasteiger partial charge in [-0.05, 0) is 48.7 Å². The number of nitrogens with one attached hydrogen (secondary N) is 1. The lowest BCUT2D eigenvalue weighted by Crippen LogP contribution is -2.34. The first-order valence-corrected chi connectivity index (χ1v) is 8.60. The number of benzene rings is 1. The number of aromatic nitrogens is 1. The highest BCUT2D eigenvalue weighted by molar-refractivity contribution is 5.99. The minimum atomic E-state index is -4.44. The van der Waals surface area contributed by atoms with Crippen LogP contribution in [0.2, 0.25) is 0 Å². The molecule has 0 saturated carbocycles. The summed E-state index contributed by atoms with van der Waals surface area (Å²) in [6.45, 7) is 3.65. The van der Waals surface area contributed by atoms with Crippen molar-refractivity contribution in [3.63, 3.8) is 0 Å². The summed E-state index contributed by atoms with van der Waals surface area (Å²) >= 11 is 0. The smallest absolute Gasteiger partial charge is 0.340 e. The summed E-state index contributed by atoms with van der Waals surface area (Å²) in [5.74, 6) is 0.0120. The Kier molecular flexibility index (Phi) is 5.10. The van der Waals surface area contributed by atoms with Gasteiger partial charge in [-0.25, -0.2) is 4.98 Å². The first kappa shape index (κ1) is 19.2. The normalized spacial score (nSPS) is 20.0. The van der Waals surface area contributed by atoms with E-state index in [0.29, 0.717) is 25.2 Å². The van der Waals surface area contributed by atoms with Gasteiger partial charge in [0.2, 0.25) is 0 Å². The number of carbonyl (C=O) groups is 1. The predicted octanol–water partition coefficient (Wildman–Crippen LogP) is 3.65. The van der Waals surface area contributed by atoms with E-state index in [9.17, 15) is 18.0 Å². The average molecular weight is 378 g/mol. The van der Waals surface area contributed by atoms with Gasteiger partial charge in [-0.2, -0.15) is 13.2 Å². The highest BCUT2D eigenvalue weighted by atomic mass is 19.4. The number of carbonyl (C=O) groups excluding carboxylic acids is 1. The van der Waals surface area contributed by atoms with Crippen molar-refractivity contribution in [1.29, 1.82) is 0 Å². The molecule has 144 valence electrons. The van der Waals surface area contributed by atoms with Gasteiger partial charge in [0.05, 0.1) is 11.1 Å². The van der Waals surface area contributed by atoms with Crippen LogP contribution in [0.3, 0.4) is 0 Å². The van der Waals surface area contributed by atoms with Gasteiger partial charge in [-0.15, -0.1) is 0 Å². The van der Waals surface area contributed by atoms with Crippen LogP contribution in [0.15, 0.2) is 42.6 Å². The van der Waals surface area contributed by atoms with Crippen molar-refractivity contribution in [2.45, 2.75) is 19.5 Å². The van der Waals surface area contributed by atoms with E-state index in [1.54, 1.807) is 17.0 Å². The summed E-state index contributed by atoms with van der Waals surface area (Å²) in [5, 5.41) is 2.84. The van der Waals surface area contributed by atoms with E-state index in [0.717, 1.165) is 18.6 Å². The molecule has 1 unspecified atom stereocenters. The summed E-state index contributed by atoms with van der Waals surface area (Å²) in [6.07, 6.45) is -2.14. The molecule has 0 bridgehead atoms. The zero-order valence-corrected chi connectivity index (χ0v) is 14.9. The molecule has 2 aromatic rings. The molecule has 8 heteroatoms. The number of nitrogens with two attached hydrogens (primary N) is 1. The quantitative estimate of drug-likeness (QED) is 0.852. The molecule has 27 heavy (non-hydrogen) atoms. The molecule has 2 heterocycles. The molecule has 5 nitrogen and oxygen atoms in total. The third-order valence-corrected chi connectivity index (χ3v) is 4.83. The fourth-order valence-electron chi connectivity index (χ4n) is 3.12. The number of amides is 1. The first-order valence-electron chi connectivity index (χ1n) is 8.60. The molecule has 1 aliphatic heterocycles. The molecule has 1 amide bonds. The van der Waals surface area contributed by atoms with Crippen molar-refractivity contribution >= 4 is 17.4 Å².